The van der Waals surface area contributed by atoms with E-state index in [1.165, 1.54) is 11.1 Å². The molecule has 1 aliphatic heterocycles. The Labute approximate surface area is 166 Å². The zero-order valence-electron chi connectivity index (χ0n) is 17.1. The Bertz CT molecular complexity index is 758. The van der Waals surface area contributed by atoms with Gasteiger partial charge in [-0.2, -0.15) is 0 Å². The van der Waals surface area contributed by atoms with Crippen LogP contribution in [0.15, 0.2) is 18.2 Å². The number of hydrogen-bond acceptors (Lipinski definition) is 4. The minimum Gasteiger partial charge on any atom is -0.444 e. The number of carbonyl (C=O) groups is 3. The molecule has 0 saturated carbocycles. The first kappa shape index (κ1) is 20.4. The van der Waals surface area contributed by atoms with E-state index >= 15 is 0 Å². The number of ether oxygens (including phenoxy) is 1. The van der Waals surface area contributed by atoms with E-state index in [1.54, 1.807) is 9.80 Å². The number of nitrogens with zero attached hydrogens (tertiary/aromatic N) is 2. The van der Waals surface area contributed by atoms with Crippen LogP contribution in [0.2, 0.25) is 0 Å². The number of amides is 2. The first-order chi connectivity index (χ1) is 13.2. The third-order valence-electron chi connectivity index (χ3n) is 5.27. The van der Waals surface area contributed by atoms with Gasteiger partial charge in [0.2, 0.25) is 5.91 Å². The summed E-state index contributed by atoms with van der Waals surface area (Å²) >= 11 is 0. The van der Waals surface area contributed by atoms with Crippen LogP contribution in [0.3, 0.4) is 0 Å². The molecule has 1 fully saturated rings. The van der Waals surface area contributed by atoms with Crippen LogP contribution in [-0.2, 0) is 22.4 Å². The van der Waals surface area contributed by atoms with Crippen molar-refractivity contribution in [3.8, 4) is 0 Å². The van der Waals surface area contributed by atoms with Crippen LogP contribution in [-0.4, -0.2) is 59.4 Å². The number of benzene rings is 1. The van der Waals surface area contributed by atoms with Crippen molar-refractivity contribution in [2.75, 3.05) is 26.2 Å². The van der Waals surface area contributed by atoms with Gasteiger partial charge in [-0.25, -0.2) is 4.79 Å². The molecule has 0 spiro atoms. The van der Waals surface area contributed by atoms with Crippen molar-refractivity contribution in [2.24, 2.45) is 0 Å². The molecule has 6 heteroatoms. The summed E-state index contributed by atoms with van der Waals surface area (Å²) < 4.78 is 5.37. The molecule has 1 aromatic rings. The summed E-state index contributed by atoms with van der Waals surface area (Å²) in [5.74, 6) is -0.00575. The third-order valence-corrected chi connectivity index (χ3v) is 5.27. The molecule has 0 aromatic heterocycles. The van der Waals surface area contributed by atoms with Gasteiger partial charge in [0.1, 0.15) is 5.60 Å². The van der Waals surface area contributed by atoms with Gasteiger partial charge in [0.15, 0.2) is 5.78 Å². The van der Waals surface area contributed by atoms with E-state index in [-0.39, 0.29) is 30.6 Å². The quantitative estimate of drug-likeness (QED) is 0.745. The summed E-state index contributed by atoms with van der Waals surface area (Å²) in [6, 6.07) is 5.93. The maximum absolute atomic E-state index is 12.5. The van der Waals surface area contributed by atoms with E-state index in [1.807, 2.05) is 39.0 Å². The summed E-state index contributed by atoms with van der Waals surface area (Å²) in [7, 11) is 0. The predicted molar refractivity (Wildman–Crippen MR) is 106 cm³/mol. The average Bonchev–Trinajstić information content (AvgIpc) is 3.12. The van der Waals surface area contributed by atoms with Gasteiger partial charge in [-0.15, -0.1) is 0 Å². The molecule has 1 saturated heterocycles. The smallest absolute Gasteiger partial charge is 0.410 e. The van der Waals surface area contributed by atoms with E-state index < -0.39 is 5.60 Å². The highest BCUT2D eigenvalue weighted by Gasteiger charge is 2.27. The van der Waals surface area contributed by atoms with Gasteiger partial charge in [0.05, 0.1) is 0 Å². The number of fused-ring (bicyclic) bond motifs is 1. The van der Waals surface area contributed by atoms with E-state index in [4.69, 9.17) is 4.74 Å². The largest absolute Gasteiger partial charge is 0.444 e. The second kappa shape index (κ2) is 8.33. The molecule has 0 bridgehead atoms. The molecule has 0 radical (unpaired) electrons. The normalized spacial score (nSPS) is 16.7. The molecule has 0 N–H and O–H groups in total. The maximum Gasteiger partial charge on any atom is 0.410 e. The molecule has 0 unspecified atom stereocenters. The van der Waals surface area contributed by atoms with Crippen molar-refractivity contribution in [3.63, 3.8) is 0 Å². The molecule has 1 aromatic carbocycles. The molecule has 152 valence electrons. The second-order valence-electron chi connectivity index (χ2n) is 8.61. The first-order valence-corrected chi connectivity index (χ1v) is 10.1. The van der Waals surface area contributed by atoms with E-state index in [0.29, 0.717) is 31.7 Å². The van der Waals surface area contributed by atoms with Crippen molar-refractivity contribution >= 4 is 17.8 Å². The average molecular weight is 386 g/mol. The van der Waals surface area contributed by atoms with Gasteiger partial charge < -0.3 is 14.5 Å². The molecular formula is C22H30N2O4. The lowest BCUT2D eigenvalue weighted by molar-refractivity contribution is -0.132. The van der Waals surface area contributed by atoms with Gasteiger partial charge in [0.25, 0.3) is 0 Å². The van der Waals surface area contributed by atoms with Crippen molar-refractivity contribution in [1.29, 1.82) is 0 Å². The molecule has 6 nitrogen and oxygen atoms in total. The lowest BCUT2D eigenvalue weighted by Crippen LogP contribution is -2.51. The van der Waals surface area contributed by atoms with Gasteiger partial charge in [0, 0.05) is 44.6 Å². The summed E-state index contributed by atoms with van der Waals surface area (Å²) in [6.07, 6.45) is 3.38. The van der Waals surface area contributed by atoms with Gasteiger partial charge in [-0.05, 0) is 57.2 Å². The Morgan fingerprint density at radius 3 is 2.25 bits per heavy atom. The number of rotatable bonds is 4. The standard InChI is InChI=1S/C22H30N2O4/c1-22(2,3)28-21(27)24-13-11-23(12-14-24)20(26)10-9-19(25)18-8-7-16-5-4-6-17(16)15-18/h7-8,15H,4-6,9-14H2,1-3H3. The number of aryl methyl sites for hydroxylation is 2. The summed E-state index contributed by atoms with van der Waals surface area (Å²) in [5, 5.41) is 0. The minimum atomic E-state index is -0.526. The molecule has 1 heterocycles. The fraction of sp³-hybridized carbons (Fsp3) is 0.591. The fourth-order valence-electron chi connectivity index (χ4n) is 3.73. The molecule has 2 aliphatic rings. The zero-order valence-corrected chi connectivity index (χ0v) is 17.1. The van der Waals surface area contributed by atoms with Gasteiger partial charge >= 0.3 is 6.09 Å². The molecular weight excluding hydrogens is 356 g/mol. The van der Waals surface area contributed by atoms with Crippen LogP contribution < -0.4 is 0 Å². The zero-order chi connectivity index (χ0) is 20.3. The van der Waals surface area contributed by atoms with Crippen LogP contribution in [0.25, 0.3) is 0 Å². The van der Waals surface area contributed by atoms with Crippen molar-refractivity contribution in [1.82, 2.24) is 9.80 Å². The van der Waals surface area contributed by atoms with Crippen molar-refractivity contribution in [2.45, 2.75) is 58.5 Å². The van der Waals surface area contributed by atoms with E-state index in [2.05, 4.69) is 0 Å². The fourth-order valence-corrected chi connectivity index (χ4v) is 3.73. The van der Waals surface area contributed by atoms with Crippen molar-refractivity contribution < 1.29 is 19.1 Å². The Morgan fingerprint density at radius 1 is 0.929 bits per heavy atom. The number of carbonyl (C=O) groups excluding carboxylic acids is 3. The van der Waals surface area contributed by atoms with Crippen LogP contribution >= 0.6 is 0 Å². The highest BCUT2D eigenvalue weighted by atomic mass is 16.6. The molecule has 2 amide bonds. The Morgan fingerprint density at radius 2 is 1.57 bits per heavy atom. The number of ketones is 1. The molecule has 1 aliphatic carbocycles. The maximum atomic E-state index is 12.5. The summed E-state index contributed by atoms with van der Waals surface area (Å²) in [5.41, 5.74) is 2.80. The molecule has 0 atom stereocenters. The summed E-state index contributed by atoms with van der Waals surface area (Å²) in [6.45, 7) is 7.38. The highest BCUT2D eigenvalue weighted by molar-refractivity contribution is 5.98. The SMILES string of the molecule is CC(C)(C)OC(=O)N1CCN(C(=O)CCC(=O)c2ccc3c(c2)CCC3)CC1. The minimum absolute atomic E-state index is 0.0236. The first-order valence-electron chi connectivity index (χ1n) is 10.1. The van der Waals surface area contributed by atoms with Crippen molar-refractivity contribution in [3.05, 3.63) is 34.9 Å². The Kier molecular flexibility index (Phi) is 6.06. The predicted octanol–water partition coefficient (Wildman–Crippen LogP) is 3.22. The van der Waals surface area contributed by atoms with Crippen LogP contribution in [0.1, 0.15) is 61.5 Å². The molecule has 28 heavy (non-hydrogen) atoms. The second-order valence-corrected chi connectivity index (χ2v) is 8.61. The topological polar surface area (TPSA) is 66.9 Å². The Balaban J connectivity index is 1.44. The molecule has 3 rings (SSSR count). The number of Topliss-reactive ketones (excluding diaryl/α,β-unsaturated/α-hetero) is 1. The summed E-state index contributed by atoms with van der Waals surface area (Å²) in [4.78, 5) is 40.4. The monoisotopic (exact) mass is 386 g/mol. The third kappa shape index (κ3) is 5.12. The number of hydrogen-bond donors (Lipinski definition) is 0. The van der Waals surface area contributed by atoms with E-state index in [9.17, 15) is 14.4 Å². The highest BCUT2D eigenvalue weighted by Crippen LogP contribution is 2.23. The van der Waals surface area contributed by atoms with E-state index in [0.717, 1.165) is 19.3 Å². The lowest BCUT2D eigenvalue weighted by Gasteiger charge is -2.35. The van der Waals surface area contributed by atoms with Crippen LogP contribution in [0.4, 0.5) is 4.79 Å². The van der Waals surface area contributed by atoms with Gasteiger partial charge in [-0.3, -0.25) is 9.59 Å². The van der Waals surface area contributed by atoms with Crippen LogP contribution in [0.5, 0.6) is 0 Å². The number of piperazine rings is 1. The lowest BCUT2D eigenvalue weighted by atomic mass is 10.0. The Hall–Kier alpha value is -2.37. The van der Waals surface area contributed by atoms with Gasteiger partial charge in [-0.1, -0.05) is 12.1 Å². The van der Waals surface area contributed by atoms with Crippen LogP contribution in [0, 0.1) is 0 Å².